The van der Waals surface area contributed by atoms with Gasteiger partial charge >= 0.3 is 0 Å². The van der Waals surface area contributed by atoms with Crippen LogP contribution in [0.3, 0.4) is 0 Å². The Kier molecular flexibility index (Phi) is 4.22. The molecule has 0 spiro atoms. The average molecular weight is 357 g/mol. The number of aromatic nitrogens is 1. The number of benzene rings is 1. The second-order valence-corrected chi connectivity index (χ2v) is 6.89. The predicted octanol–water partition coefficient (Wildman–Crippen LogP) is 2.86. The molecule has 0 N–H and O–H groups in total. The van der Waals surface area contributed by atoms with Gasteiger partial charge in [0.2, 0.25) is 0 Å². The molecule has 1 saturated heterocycles. The van der Waals surface area contributed by atoms with Crippen molar-refractivity contribution in [2.24, 2.45) is 0 Å². The summed E-state index contributed by atoms with van der Waals surface area (Å²) in [6.07, 6.45) is 2.19. The minimum Gasteiger partial charge on any atom is -0.366 e. The van der Waals surface area contributed by atoms with Gasteiger partial charge in [-0.15, -0.1) is 0 Å². The minimum atomic E-state index is -0.414. The molecule has 2 heterocycles. The quantitative estimate of drug-likeness (QED) is 0.787. The molecule has 1 aliphatic heterocycles. The Labute approximate surface area is 150 Å². The van der Waals surface area contributed by atoms with Crippen molar-refractivity contribution in [3.8, 4) is 0 Å². The third kappa shape index (κ3) is 3.21. The number of hydrogen-bond donors (Lipinski definition) is 0. The highest BCUT2D eigenvalue weighted by atomic mass is 19.1. The van der Waals surface area contributed by atoms with Crippen molar-refractivity contribution in [3.05, 3.63) is 47.1 Å². The van der Waals surface area contributed by atoms with Gasteiger partial charge in [-0.05, 0) is 38.0 Å². The maximum atomic E-state index is 14.3. The fourth-order valence-corrected chi connectivity index (χ4v) is 3.25. The van der Waals surface area contributed by atoms with Crippen LogP contribution in [0.25, 0.3) is 0 Å². The summed E-state index contributed by atoms with van der Waals surface area (Å²) in [5, 5.41) is 3.90. The van der Waals surface area contributed by atoms with E-state index >= 15 is 0 Å². The number of Topliss-reactive ketones (excluding diaryl/α,β-unsaturated/α-hetero) is 1. The number of ketones is 1. The maximum absolute atomic E-state index is 14.3. The molecular formula is C19H20FN3O3. The zero-order valence-electron chi connectivity index (χ0n) is 14.6. The van der Waals surface area contributed by atoms with Crippen LogP contribution in [0.1, 0.15) is 52.3 Å². The van der Waals surface area contributed by atoms with Crippen LogP contribution in [-0.2, 0) is 0 Å². The van der Waals surface area contributed by atoms with Gasteiger partial charge in [0.25, 0.3) is 5.91 Å². The van der Waals surface area contributed by atoms with E-state index in [0.29, 0.717) is 49.0 Å². The first-order chi connectivity index (χ1) is 12.5. The van der Waals surface area contributed by atoms with Crippen LogP contribution < -0.4 is 4.90 Å². The van der Waals surface area contributed by atoms with Gasteiger partial charge in [0.1, 0.15) is 11.6 Å². The summed E-state index contributed by atoms with van der Waals surface area (Å²) in [6.45, 7) is 3.43. The second-order valence-electron chi connectivity index (χ2n) is 6.89. The first kappa shape index (κ1) is 16.8. The normalized spacial score (nSPS) is 17.5. The Bertz CT molecular complexity index is 851. The van der Waals surface area contributed by atoms with Crippen molar-refractivity contribution in [2.75, 3.05) is 31.1 Å². The topological polar surface area (TPSA) is 66.7 Å². The molecular weight excluding hydrogens is 337 g/mol. The molecule has 0 radical (unpaired) electrons. The molecule has 2 aromatic rings. The molecule has 1 aromatic carbocycles. The Balaban J connectivity index is 1.40. The van der Waals surface area contributed by atoms with E-state index in [1.807, 2.05) is 4.90 Å². The highest BCUT2D eigenvalue weighted by Crippen LogP contribution is 2.40. The number of halogens is 1. The molecule has 136 valence electrons. The summed E-state index contributed by atoms with van der Waals surface area (Å²) in [5.74, 6) is 0.487. The molecule has 26 heavy (non-hydrogen) atoms. The standard InChI is InChI=1S/C19H20FN3O3/c1-12(24)14-4-5-17(15(20)10-14)22-6-8-23(9-7-22)19(25)16-11-18(26-21-16)13-2-3-13/h4-5,10-11,13H,2-3,6-9H2,1H3. The van der Waals surface area contributed by atoms with Crippen LogP contribution in [-0.4, -0.2) is 47.9 Å². The molecule has 1 aliphatic carbocycles. The number of rotatable bonds is 4. The Morgan fingerprint density at radius 1 is 1.15 bits per heavy atom. The SMILES string of the molecule is CC(=O)c1ccc(N2CCN(C(=O)c3cc(C4CC4)on3)CC2)c(F)c1. The Hall–Kier alpha value is -2.70. The van der Waals surface area contributed by atoms with E-state index < -0.39 is 5.82 Å². The number of carbonyl (C=O) groups is 2. The van der Waals surface area contributed by atoms with Crippen LogP contribution >= 0.6 is 0 Å². The van der Waals surface area contributed by atoms with Crippen LogP contribution in [0.2, 0.25) is 0 Å². The lowest BCUT2D eigenvalue weighted by atomic mass is 10.1. The predicted molar refractivity (Wildman–Crippen MR) is 93.0 cm³/mol. The van der Waals surface area contributed by atoms with Gasteiger partial charge in [-0.1, -0.05) is 5.16 Å². The average Bonchev–Trinajstić information content (AvgIpc) is 3.38. The fraction of sp³-hybridized carbons (Fsp3) is 0.421. The maximum Gasteiger partial charge on any atom is 0.276 e. The first-order valence-electron chi connectivity index (χ1n) is 8.84. The van der Waals surface area contributed by atoms with E-state index in [0.717, 1.165) is 18.6 Å². The molecule has 0 bridgehead atoms. The molecule has 2 aliphatic rings. The first-order valence-corrected chi connectivity index (χ1v) is 8.84. The van der Waals surface area contributed by atoms with Gasteiger partial charge in [0, 0.05) is 43.7 Å². The monoisotopic (exact) mass is 357 g/mol. The van der Waals surface area contributed by atoms with Crippen molar-refractivity contribution in [2.45, 2.75) is 25.7 Å². The number of amides is 1. The van der Waals surface area contributed by atoms with Crippen molar-refractivity contribution < 1.29 is 18.5 Å². The number of hydrogen-bond acceptors (Lipinski definition) is 5. The van der Waals surface area contributed by atoms with Gasteiger partial charge in [-0.25, -0.2) is 4.39 Å². The molecule has 1 amide bonds. The molecule has 1 saturated carbocycles. The van der Waals surface area contributed by atoms with E-state index in [4.69, 9.17) is 4.52 Å². The summed E-state index contributed by atoms with van der Waals surface area (Å²) in [6, 6.07) is 6.27. The third-order valence-electron chi connectivity index (χ3n) is 4.99. The lowest BCUT2D eigenvalue weighted by molar-refractivity contribution is 0.0736. The van der Waals surface area contributed by atoms with E-state index in [1.54, 1.807) is 23.1 Å². The van der Waals surface area contributed by atoms with Crippen LogP contribution in [0, 0.1) is 5.82 Å². The van der Waals surface area contributed by atoms with Gasteiger partial charge < -0.3 is 14.3 Å². The fourth-order valence-electron chi connectivity index (χ4n) is 3.25. The Morgan fingerprint density at radius 2 is 1.88 bits per heavy atom. The molecule has 2 fully saturated rings. The van der Waals surface area contributed by atoms with Gasteiger partial charge in [-0.2, -0.15) is 0 Å². The smallest absolute Gasteiger partial charge is 0.276 e. The van der Waals surface area contributed by atoms with Crippen LogP contribution in [0.5, 0.6) is 0 Å². The summed E-state index contributed by atoms with van der Waals surface area (Å²) >= 11 is 0. The van der Waals surface area contributed by atoms with Crippen molar-refractivity contribution >= 4 is 17.4 Å². The highest BCUT2D eigenvalue weighted by molar-refractivity contribution is 5.94. The summed E-state index contributed by atoms with van der Waals surface area (Å²) in [5.41, 5.74) is 1.16. The van der Waals surface area contributed by atoms with Crippen molar-refractivity contribution in [1.29, 1.82) is 0 Å². The lowest BCUT2D eigenvalue weighted by Crippen LogP contribution is -2.49. The number of anilines is 1. The zero-order chi connectivity index (χ0) is 18.3. The van der Waals surface area contributed by atoms with Crippen molar-refractivity contribution in [1.82, 2.24) is 10.1 Å². The Morgan fingerprint density at radius 3 is 2.50 bits per heavy atom. The van der Waals surface area contributed by atoms with E-state index in [9.17, 15) is 14.0 Å². The largest absolute Gasteiger partial charge is 0.366 e. The molecule has 4 rings (SSSR count). The molecule has 7 heteroatoms. The molecule has 6 nitrogen and oxygen atoms in total. The molecule has 0 unspecified atom stereocenters. The summed E-state index contributed by atoms with van der Waals surface area (Å²) in [7, 11) is 0. The van der Waals surface area contributed by atoms with E-state index in [-0.39, 0.29) is 11.7 Å². The molecule has 1 aromatic heterocycles. The van der Waals surface area contributed by atoms with Crippen LogP contribution in [0.4, 0.5) is 10.1 Å². The van der Waals surface area contributed by atoms with E-state index in [1.165, 1.54) is 13.0 Å². The lowest BCUT2D eigenvalue weighted by Gasteiger charge is -2.35. The van der Waals surface area contributed by atoms with Gasteiger partial charge in [0.15, 0.2) is 11.5 Å². The van der Waals surface area contributed by atoms with Gasteiger partial charge in [0.05, 0.1) is 5.69 Å². The summed E-state index contributed by atoms with van der Waals surface area (Å²) in [4.78, 5) is 27.5. The third-order valence-corrected chi connectivity index (χ3v) is 4.99. The molecule has 0 atom stereocenters. The van der Waals surface area contributed by atoms with E-state index in [2.05, 4.69) is 5.16 Å². The highest BCUT2D eigenvalue weighted by Gasteiger charge is 2.31. The number of carbonyl (C=O) groups excluding carboxylic acids is 2. The van der Waals surface area contributed by atoms with Crippen molar-refractivity contribution in [3.63, 3.8) is 0 Å². The van der Waals surface area contributed by atoms with Crippen LogP contribution in [0.15, 0.2) is 28.8 Å². The minimum absolute atomic E-state index is 0.146. The number of piperazine rings is 1. The zero-order valence-corrected chi connectivity index (χ0v) is 14.6. The van der Waals surface area contributed by atoms with Gasteiger partial charge in [-0.3, -0.25) is 9.59 Å². The second kappa shape index (κ2) is 6.55. The number of nitrogens with zero attached hydrogens (tertiary/aromatic N) is 3. The summed E-state index contributed by atoms with van der Waals surface area (Å²) < 4.78 is 19.6.